The summed E-state index contributed by atoms with van der Waals surface area (Å²) in [6, 6.07) is 8.93. The number of phenolic OH excluding ortho intramolecular Hbond substituents is 1. The summed E-state index contributed by atoms with van der Waals surface area (Å²) in [5, 5.41) is 11.1. The first-order valence-corrected chi connectivity index (χ1v) is 11.4. The van der Waals surface area contributed by atoms with E-state index < -0.39 is 0 Å². The van der Waals surface area contributed by atoms with Gasteiger partial charge in [-0.1, -0.05) is 37.9 Å². The number of thioether (sulfide) groups is 1. The Morgan fingerprint density at radius 3 is 2.60 bits per heavy atom. The van der Waals surface area contributed by atoms with E-state index >= 15 is 0 Å². The number of carbonyl (C=O) groups excluding carboxylic acids is 2. The lowest BCUT2D eigenvalue weighted by atomic mass is 10.00. The molecule has 0 spiro atoms. The van der Waals surface area contributed by atoms with Crippen LogP contribution in [0.1, 0.15) is 54.6 Å². The van der Waals surface area contributed by atoms with E-state index in [0.717, 1.165) is 29.1 Å². The standard InChI is InChI=1S/C23H28ClNO4S/c1-3-6-17-20(9-8-16(23(17)28)19(26)4-2)29-11-5-12-30-21-10-7-15(13-18(21)24)14-22(25)27/h7-10,13,28H,3-6,11-12,14H2,1-2H3,(H2,25,27). The molecule has 1 amide bonds. The van der Waals surface area contributed by atoms with Gasteiger partial charge in [0.25, 0.3) is 0 Å². The van der Waals surface area contributed by atoms with Crippen molar-refractivity contribution < 1.29 is 19.4 Å². The van der Waals surface area contributed by atoms with Gasteiger partial charge in [-0.2, -0.15) is 0 Å². The van der Waals surface area contributed by atoms with E-state index in [1.165, 1.54) is 0 Å². The van der Waals surface area contributed by atoms with E-state index in [2.05, 4.69) is 0 Å². The number of nitrogens with two attached hydrogens (primary N) is 1. The molecular formula is C23H28ClNO4S. The topological polar surface area (TPSA) is 89.6 Å². The van der Waals surface area contributed by atoms with Crippen LogP contribution < -0.4 is 10.5 Å². The van der Waals surface area contributed by atoms with Crippen LogP contribution in [0.15, 0.2) is 35.2 Å². The molecule has 0 fully saturated rings. The van der Waals surface area contributed by atoms with Crippen LogP contribution in [-0.2, 0) is 17.6 Å². The largest absolute Gasteiger partial charge is 0.507 e. The fourth-order valence-corrected chi connectivity index (χ4v) is 4.27. The summed E-state index contributed by atoms with van der Waals surface area (Å²) in [6.07, 6.45) is 2.80. The number of Topliss-reactive ketones (excluding diaryl/α,β-unsaturated/α-hetero) is 1. The van der Waals surface area contributed by atoms with Crippen molar-refractivity contribution in [2.24, 2.45) is 5.73 Å². The highest BCUT2D eigenvalue weighted by molar-refractivity contribution is 7.99. The van der Waals surface area contributed by atoms with Gasteiger partial charge in [-0.3, -0.25) is 9.59 Å². The molecule has 0 aliphatic carbocycles. The number of amides is 1. The van der Waals surface area contributed by atoms with E-state index in [-0.39, 0.29) is 23.9 Å². The molecule has 0 aliphatic rings. The van der Waals surface area contributed by atoms with Crippen LogP contribution in [-0.4, -0.2) is 29.2 Å². The number of ketones is 1. The molecule has 162 valence electrons. The van der Waals surface area contributed by atoms with Crippen molar-refractivity contribution in [3.8, 4) is 11.5 Å². The van der Waals surface area contributed by atoms with Gasteiger partial charge in [-0.05, 0) is 42.7 Å². The van der Waals surface area contributed by atoms with Crippen molar-refractivity contribution >= 4 is 35.1 Å². The molecule has 0 saturated carbocycles. The minimum Gasteiger partial charge on any atom is -0.507 e. The summed E-state index contributed by atoms with van der Waals surface area (Å²) in [6.45, 7) is 4.29. The second-order valence-corrected chi connectivity index (χ2v) is 8.47. The average Bonchev–Trinajstić information content (AvgIpc) is 2.70. The summed E-state index contributed by atoms with van der Waals surface area (Å²) in [7, 11) is 0. The molecule has 0 unspecified atom stereocenters. The molecule has 0 atom stereocenters. The predicted octanol–water partition coefficient (Wildman–Crippen LogP) is 5.18. The van der Waals surface area contributed by atoms with Crippen LogP contribution in [0.3, 0.4) is 0 Å². The van der Waals surface area contributed by atoms with Crippen molar-refractivity contribution in [1.82, 2.24) is 0 Å². The molecule has 0 aliphatic heterocycles. The number of phenols is 1. The van der Waals surface area contributed by atoms with E-state index in [9.17, 15) is 14.7 Å². The number of rotatable bonds is 12. The average molecular weight is 450 g/mol. The first-order chi connectivity index (χ1) is 14.4. The maximum Gasteiger partial charge on any atom is 0.221 e. The fourth-order valence-electron chi connectivity index (χ4n) is 3.06. The summed E-state index contributed by atoms with van der Waals surface area (Å²) in [5.74, 6) is 1.01. The Hall–Kier alpha value is -2.18. The molecular weight excluding hydrogens is 422 g/mol. The minimum atomic E-state index is -0.385. The number of benzene rings is 2. The summed E-state index contributed by atoms with van der Waals surface area (Å²) in [4.78, 5) is 23.9. The Morgan fingerprint density at radius 2 is 1.97 bits per heavy atom. The maximum atomic E-state index is 12.0. The van der Waals surface area contributed by atoms with E-state index in [4.69, 9.17) is 22.1 Å². The smallest absolute Gasteiger partial charge is 0.221 e. The monoisotopic (exact) mass is 449 g/mol. The van der Waals surface area contributed by atoms with Crippen LogP contribution in [0.25, 0.3) is 0 Å². The number of primary amides is 1. The van der Waals surface area contributed by atoms with Crippen molar-refractivity contribution in [3.63, 3.8) is 0 Å². The van der Waals surface area contributed by atoms with Gasteiger partial charge in [0, 0.05) is 22.6 Å². The van der Waals surface area contributed by atoms with Gasteiger partial charge in [0.05, 0.1) is 23.6 Å². The zero-order valence-corrected chi connectivity index (χ0v) is 18.9. The number of halogens is 1. The molecule has 0 heterocycles. The molecule has 0 aromatic heterocycles. The van der Waals surface area contributed by atoms with Crippen molar-refractivity contribution in [1.29, 1.82) is 0 Å². The lowest BCUT2D eigenvalue weighted by Gasteiger charge is -2.15. The van der Waals surface area contributed by atoms with Crippen LogP contribution >= 0.6 is 23.4 Å². The summed E-state index contributed by atoms with van der Waals surface area (Å²) < 4.78 is 5.90. The van der Waals surface area contributed by atoms with E-state index in [1.807, 2.05) is 19.1 Å². The Balaban J connectivity index is 1.92. The van der Waals surface area contributed by atoms with Gasteiger partial charge in [-0.25, -0.2) is 0 Å². The molecule has 0 radical (unpaired) electrons. The van der Waals surface area contributed by atoms with Gasteiger partial charge in [0.1, 0.15) is 11.5 Å². The molecule has 7 heteroatoms. The molecule has 2 aromatic carbocycles. The Morgan fingerprint density at radius 1 is 1.20 bits per heavy atom. The Labute approximate surface area is 186 Å². The lowest BCUT2D eigenvalue weighted by molar-refractivity contribution is -0.117. The van der Waals surface area contributed by atoms with Gasteiger partial charge >= 0.3 is 0 Å². The van der Waals surface area contributed by atoms with Gasteiger partial charge in [-0.15, -0.1) is 11.8 Å². The third-order valence-electron chi connectivity index (χ3n) is 4.54. The molecule has 2 aromatic rings. The lowest BCUT2D eigenvalue weighted by Crippen LogP contribution is -2.13. The highest BCUT2D eigenvalue weighted by Crippen LogP contribution is 2.34. The third kappa shape index (κ3) is 6.67. The highest BCUT2D eigenvalue weighted by Gasteiger charge is 2.17. The normalized spacial score (nSPS) is 10.8. The summed E-state index contributed by atoms with van der Waals surface area (Å²) >= 11 is 7.90. The van der Waals surface area contributed by atoms with E-state index in [0.29, 0.717) is 41.3 Å². The predicted molar refractivity (Wildman–Crippen MR) is 122 cm³/mol. The van der Waals surface area contributed by atoms with Crippen molar-refractivity contribution in [3.05, 3.63) is 52.0 Å². The molecule has 30 heavy (non-hydrogen) atoms. The fraction of sp³-hybridized carbons (Fsp3) is 0.391. The molecule has 3 N–H and O–H groups in total. The van der Waals surface area contributed by atoms with Crippen LogP contribution in [0.4, 0.5) is 0 Å². The first-order valence-electron chi connectivity index (χ1n) is 10.1. The summed E-state index contributed by atoms with van der Waals surface area (Å²) in [5.41, 5.74) is 7.06. The van der Waals surface area contributed by atoms with Gasteiger partial charge in [0.2, 0.25) is 5.91 Å². The molecule has 0 saturated heterocycles. The van der Waals surface area contributed by atoms with Gasteiger partial charge in [0.15, 0.2) is 5.78 Å². The van der Waals surface area contributed by atoms with Gasteiger partial charge < -0.3 is 15.6 Å². The third-order valence-corrected chi connectivity index (χ3v) is 6.12. The van der Waals surface area contributed by atoms with E-state index in [1.54, 1.807) is 36.9 Å². The van der Waals surface area contributed by atoms with Crippen LogP contribution in [0.2, 0.25) is 5.02 Å². The van der Waals surface area contributed by atoms with Crippen LogP contribution in [0, 0.1) is 0 Å². The number of carbonyl (C=O) groups is 2. The van der Waals surface area contributed by atoms with Crippen LogP contribution in [0.5, 0.6) is 11.5 Å². The molecule has 5 nitrogen and oxygen atoms in total. The first kappa shape index (κ1) is 24.1. The quantitative estimate of drug-likeness (QED) is 0.264. The minimum absolute atomic E-state index is 0.0402. The molecule has 2 rings (SSSR count). The number of ether oxygens (including phenoxy) is 1. The molecule has 0 bridgehead atoms. The number of hydrogen-bond donors (Lipinski definition) is 2. The highest BCUT2D eigenvalue weighted by atomic mass is 35.5. The zero-order valence-electron chi connectivity index (χ0n) is 17.4. The van der Waals surface area contributed by atoms with Crippen molar-refractivity contribution in [2.75, 3.05) is 12.4 Å². The second kappa shape index (κ2) is 11.9. The Bertz CT molecular complexity index is 901. The SMILES string of the molecule is CCCc1c(OCCCSc2ccc(CC(N)=O)cc2Cl)ccc(C(=O)CC)c1O. The zero-order chi connectivity index (χ0) is 22.1. The number of aromatic hydroxyl groups is 1. The second-order valence-electron chi connectivity index (χ2n) is 6.92. The maximum absolute atomic E-state index is 12.0. The number of hydrogen-bond acceptors (Lipinski definition) is 5. The Kier molecular flexibility index (Phi) is 9.53. The van der Waals surface area contributed by atoms with Crippen molar-refractivity contribution in [2.45, 2.75) is 50.8 Å².